The van der Waals surface area contributed by atoms with Gasteiger partial charge < -0.3 is 4.98 Å². The van der Waals surface area contributed by atoms with Gasteiger partial charge in [0.05, 0.1) is 11.0 Å². The number of halogens is 1. The Hall–Kier alpha value is -1.03. The summed E-state index contributed by atoms with van der Waals surface area (Å²) < 4.78 is 2.55. The summed E-state index contributed by atoms with van der Waals surface area (Å²) in [5, 5.41) is 0. The summed E-state index contributed by atoms with van der Waals surface area (Å²) >= 11 is 3.33. The first-order chi connectivity index (χ1) is 5.68. The number of H-pyrrole nitrogens is 1. The molecule has 0 amide bonds. The first kappa shape index (κ1) is 7.61. The van der Waals surface area contributed by atoms with E-state index in [0.29, 0.717) is 0 Å². The number of benzene rings is 1. The fourth-order valence-corrected chi connectivity index (χ4v) is 1.57. The van der Waals surface area contributed by atoms with Crippen molar-refractivity contribution in [1.82, 2.24) is 9.55 Å². The molecule has 1 aromatic carbocycles. The summed E-state index contributed by atoms with van der Waals surface area (Å²) in [6.07, 6.45) is 0. The van der Waals surface area contributed by atoms with E-state index in [1.807, 2.05) is 18.2 Å². The van der Waals surface area contributed by atoms with Crippen LogP contribution in [-0.2, 0) is 7.05 Å². The van der Waals surface area contributed by atoms with Crippen LogP contribution in [0.3, 0.4) is 0 Å². The molecular weight excluding hydrogens is 220 g/mol. The Kier molecular flexibility index (Phi) is 1.58. The van der Waals surface area contributed by atoms with Crippen molar-refractivity contribution >= 4 is 27.0 Å². The minimum atomic E-state index is -0.0805. The fourth-order valence-electron chi connectivity index (χ4n) is 1.21. The third-order valence-electron chi connectivity index (χ3n) is 1.87. The minimum absolute atomic E-state index is 0.0805. The van der Waals surface area contributed by atoms with Crippen LogP contribution in [0.2, 0.25) is 0 Å². The van der Waals surface area contributed by atoms with Crippen LogP contribution in [0.5, 0.6) is 0 Å². The zero-order valence-electron chi connectivity index (χ0n) is 6.47. The molecule has 1 aromatic heterocycles. The van der Waals surface area contributed by atoms with E-state index in [1.54, 1.807) is 11.6 Å². The van der Waals surface area contributed by atoms with Crippen LogP contribution in [0.25, 0.3) is 11.0 Å². The number of hydrogen-bond acceptors (Lipinski definition) is 1. The number of nitrogens with zero attached hydrogens (tertiary/aromatic N) is 1. The lowest BCUT2D eigenvalue weighted by Gasteiger charge is -1.92. The molecule has 0 aliphatic carbocycles. The van der Waals surface area contributed by atoms with Gasteiger partial charge in [-0.25, -0.2) is 4.79 Å². The number of aromatic amines is 1. The molecule has 0 saturated heterocycles. The average Bonchev–Trinajstić information content (AvgIpc) is 2.28. The molecule has 0 atom stereocenters. The summed E-state index contributed by atoms with van der Waals surface area (Å²) in [6, 6.07) is 5.70. The van der Waals surface area contributed by atoms with Crippen molar-refractivity contribution in [1.29, 1.82) is 0 Å². The zero-order valence-corrected chi connectivity index (χ0v) is 8.05. The van der Waals surface area contributed by atoms with Crippen molar-refractivity contribution in [3.05, 3.63) is 33.2 Å². The molecule has 0 bridgehead atoms. The van der Waals surface area contributed by atoms with Gasteiger partial charge in [0.2, 0.25) is 0 Å². The van der Waals surface area contributed by atoms with Gasteiger partial charge in [0.25, 0.3) is 0 Å². The van der Waals surface area contributed by atoms with Gasteiger partial charge in [-0.2, -0.15) is 0 Å². The van der Waals surface area contributed by atoms with E-state index in [1.165, 1.54) is 0 Å². The molecule has 0 radical (unpaired) electrons. The van der Waals surface area contributed by atoms with E-state index in [4.69, 9.17) is 0 Å². The van der Waals surface area contributed by atoms with E-state index in [-0.39, 0.29) is 5.69 Å². The normalized spacial score (nSPS) is 10.8. The van der Waals surface area contributed by atoms with Gasteiger partial charge in [0, 0.05) is 11.5 Å². The Morgan fingerprint density at radius 1 is 1.50 bits per heavy atom. The van der Waals surface area contributed by atoms with Gasteiger partial charge in [0.1, 0.15) is 0 Å². The molecule has 0 saturated carbocycles. The number of hydrogen-bond donors (Lipinski definition) is 1. The van der Waals surface area contributed by atoms with Crippen molar-refractivity contribution in [2.75, 3.05) is 0 Å². The highest BCUT2D eigenvalue weighted by atomic mass is 79.9. The van der Waals surface area contributed by atoms with Crippen molar-refractivity contribution in [2.45, 2.75) is 0 Å². The van der Waals surface area contributed by atoms with E-state index in [2.05, 4.69) is 20.9 Å². The summed E-state index contributed by atoms with van der Waals surface area (Å²) in [5.41, 5.74) is 1.70. The van der Waals surface area contributed by atoms with Crippen LogP contribution >= 0.6 is 15.9 Å². The second-order valence-electron chi connectivity index (χ2n) is 2.65. The van der Waals surface area contributed by atoms with Crippen LogP contribution in [0.1, 0.15) is 0 Å². The largest absolute Gasteiger partial charge is 0.326 e. The van der Waals surface area contributed by atoms with Crippen LogP contribution in [0.15, 0.2) is 27.5 Å². The average molecular weight is 227 g/mol. The maximum Gasteiger partial charge on any atom is 0.326 e. The van der Waals surface area contributed by atoms with Gasteiger partial charge in [0.15, 0.2) is 0 Å². The second-order valence-corrected chi connectivity index (χ2v) is 3.57. The molecule has 0 fully saturated rings. The zero-order chi connectivity index (χ0) is 8.72. The molecule has 1 heterocycles. The number of rotatable bonds is 0. The van der Waals surface area contributed by atoms with E-state index in [9.17, 15) is 4.79 Å². The van der Waals surface area contributed by atoms with Crippen LogP contribution in [0.4, 0.5) is 0 Å². The molecule has 0 aliphatic rings. The fraction of sp³-hybridized carbons (Fsp3) is 0.125. The van der Waals surface area contributed by atoms with Gasteiger partial charge >= 0.3 is 5.69 Å². The van der Waals surface area contributed by atoms with Crippen molar-refractivity contribution < 1.29 is 0 Å². The number of nitrogens with one attached hydrogen (secondary N) is 1. The lowest BCUT2D eigenvalue weighted by atomic mass is 10.3. The topological polar surface area (TPSA) is 37.8 Å². The van der Waals surface area contributed by atoms with Crippen molar-refractivity contribution in [3.8, 4) is 0 Å². The second kappa shape index (κ2) is 2.48. The van der Waals surface area contributed by atoms with E-state index in [0.717, 1.165) is 15.5 Å². The quantitative estimate of drug-likeness (QED) is 0.729. The van der Waals surface area contributed by atoms with Gasteiger partial charge in [-0.15, -0.1) is 0 Å². The molecule has 62 valence electrons. The molecule has 1 N–H and O–H groups in total. The van der Waals surface area contributed by atoms with E-state index >= 15 is 0 Å². The van der Waals surface area contributed by atoms with Gasteiger partial charge in [-0.3, -0.25) is 4.57 Å². The standard InChI is InChI=1S/C8H7BrN2O/c1-11-7-3-2-5(9)4-6(7)10-8(11)12/h2-4H,1H3,(H,10,12). The summed E-state index contributed by atoms with van der Waals surface area (Å²) in [6.45, 7) is 0. The lowest BCUT2D eigenvalue weighted by Crippen LogP contribution is -2.11. The smallest absolute Gasteiger partial charge is 0.306 e. The van der Waals surface area contributed by atoms with Crippen LogP contribution in [0, 0.1) is 0 Å². The lowest BCUT2D eigenvalue weighted by molar-refractivity contribution is 0.891. The number of fused-ring (bicyclic) bond motifs is 1. The Bertz CT molecular complexity index is 483. The molecular formula is C8H7BrN2O. The Balaban J connectivity index is 2.96. The third kappa shape index (κ3) is 0.992. The molecule has 0 unspecified atom stereocenters. The Labute approximate surface area is 77.1 Å². The number of imidazole rings is 1. The molecule has 3 nitrogen and oxygen atoms in total. The molecule has 12 heavy (non-hydrogen) atoms. The first-order valence-electron chi connectivity index (χ1n) is 3.53. The van der Waals surface area contributed by atoms with Gasteiger partial charge in [-0.1, -0.05) is 15.9 Å². The monoisotopic (exact) mass is 226 g/mol. The summed E-state index contributed by atoms with van der Waals surface area (Å²) in [5.74, 6) is 0. The highest BCUT2D eigenvalue weighted by Crippen LogP contribution is 2.15. The highest BCUT2D eigenvalue weighted by Gasteiger charge is 2.01. The third-order valence-corrected chi connectivity index (χ3v) is 2.36. The van der Waals surface area contributed by atoms with Crippen molar-refractivity contribution in [3.63, 3.8) is 0 Å². The molecule has 0 aliphatic heterocycles. The molecule has 2 aromatic rings. The molecule has 0 spiro atoms. The van der Waals surface area contributed by atoms with Crippen molar-refractivity contribution in [2.24, 2.45) is 7.05 Å². The summed E-state index contributed by atoms with van der Waals surface area (Å²) in [4.78, 5) is 13.9. The highest BCUT2D eigenvalue weighted by molar-refractivity contribution is 9.10. The summed E-state index contributed by atoms with van der Waals surface area (Å²) in [7, 11) is 1.75. The molecule has 2 rings (SSSR count). The van der Waals surface area contributed by atoms with Gasteiger partial charge in [-0.05, 0) is 18.2 Å². The minimum Gasteiger partial charge on any atom is -0.306 e. The predicted octanol–water partition coefficient (Wildman–Crippen LogP) is 1.63. The molecule has 4 heteroatoms. The van der Waals surface area contributed by atoms with E-state index < -0.39 is 0 Å². The first-order valence-corrected chi connectivity index (χ1v) is 4.32. The maximum absolute atomic E-state index is 11.1. The Morgan fingerprint density at radius 2 is 2.25 bits per heavy atom. The number of aryl methyl sites for hydroxylation is 1. The maximum atomic E-state index is 11.1. The predicted molar refractivity (Wildman–Crippen MR) is 51.2 cm³/mol. The Morgan fingerprint density at radius 3 is 3.00 bits per heavy atom. The SMILES string of the molecule is Cn1c(=O)[nH]c2cc(Br)ccc21. The van der Waals surface area contributed by atoms with Crippen LogP contribution < -0.4 is 5.69 Å². The van der Waals surface area contributed by atoms with Crippen LogP contribution in [-0.4, -0.2) is 9.55 Å². The number of aromatic nitrogens is 2.